The standard InChI is InChI=1S/C8H11BrO2S2/c1-2-3-13-8(10)11-7-5-12-4-6(7)9/h2,6-7H,1,3-5H2/t6-,7-/m0/s1. The van der Waals surface area contributed by atoms with Crippen LogP contribution in [0.4, 0.5) is 4.79 Å². The van der Waals surface area contributed by atoms with Crippen LogP contribution in [0.3, 0.4) is 0 Å². The Morgan fingerprint density at radius 3 is 3.08 bits per heavy atom. The van der Waals surface area contributed by atoms with Gasteiger partial charge in [-0.25, -0.2) is 4.79 Å². The third kappa shape index (κ3) is 3.95. The Labute approximate surface area is 95.0 Å². The van der Waals surface area contributed by atoms with Crippen LogP contribution in [-0.2, 0) is 4.74 Å². The summed E-state index contributed by atoms with van der Waals surface area (Å²) in [7, 11) is 0. The molecule has 0 unspecified atom stereocenters. The molecule has 0 bridgehead atoms. The molecular formula is C8H11BrO2S2. The van der Waals surface area contributed by atoms with Gasteiger partial charge in [0, 0.05) is 17.3 Å². The molecule has 0 amide bonds. The number of thioether (sulfide) groups is 2. The van der Waals surface area contributed by atoms with Crippen LogP contribution in [0.25, 0.3) is 0 Å². The van der Waals surface area contributed by atoms with Crippen LogP contribution < -0.4 is 0 Å². The molecule has 1 saturated heterocycles. The first-order valence-corrected chi connectivity index (χ1v) is 6.95. The number of carbonyl (C=O) groups is 1. The topological polar surface area (TPSA) is 26.3 Å². The van der Waals surface area contributed by atoms with Gasteiger partial charge in [0.05, 0.1) is 4.83 Å². The molecule has 1 rings (SSSR count). The molecule has 13 heavy (non-hydrogen) atoms. The first-order chi connectivity index (χ1) is 6.24. The van der Waals surface area contributed by atoms with Crippen LogP contribution in [-0.4, -0.2) is 33.5 Å². The highest BCUT2D eigenvalue weighted by molar-refractivity contribution is 9.09. The largest absolute Gasteiger partial charge is 0.452 e. The van der Waals surface area contributed by atoms with Crippen molar-refractivity contribution in [3.63, 3.8) is 0 Å². The van der Waals surface area contributed by atoms with E-state index in [9.17, 15) is 4.79 Å². The van der Waals surface area contributed by atoms with Gasteiger partial charge in [-0.05, 0) is 11.8 Å². The van der Waals surface area contributed by atoms with Crippen molar-refractivity contribution >= 4 is 44.8 Å². The number of alkyl halides is 1. The Balaban J connectivity index is 2.22. The van der Waals surface area contributed by atoms with Crippen molar-refractivity contribution in [3.05, 3.63) is 12.7 Å². The Kier molecular flexibility index (Phi) is 5.28. The van der Waals surface area contributed by atoms with E-state index >= 15 is 0 Å². The molecule has 0 aromatic heterocycles. The monoisotopic (exact) mass is 282 g/mol. The summed E-state index contributed by atoms with van der Waals surface area (Å²) >= 11 is 6.43. The minimum absolute atomic E-state index is 0.0369. The van der Waals surface area contributed by atoms with Crippen molar-refractivity contribution in [2.75, 3.05) is 17.3 Å². The highest BCUT2D eigenvalue weighted by Crippen LogP contribution is 2.27. The summed E-state index contributed by atoms with van der Waals surface area (Å²) in [5, 5.41) is -0.197. The Bertz CT molecular complexity index is 199. The summed E-state index contributed by atoms with van der Waals surface area (Å²) in [6.07, 6.45) is 1.73. The van der Waals surface area contributed by atoms with E-state index in [1.165, 1.54) is 0 Å². The maximum absolute atomic E-state index is 11.2. The van der Waals surface area contributed by atoms with Gasteiger partial charge in [0.25, 0.3) is 0 Å². The van der Waals surface area contributed by atoms with Crippen molar-refractivity contribution in [1.29, 1.82) is 0 Å². The summed E-state index contributed by atoms with van der Waals surface area (Å²) < 4.78 is 5.23. The normalized spacial score (nSPS) is 27.2. The van der Waals surface area contributed by atoms with Crippen LogP contribution in [0, 0.1) is 0 Å². The lowest BCUT2D eigenvalue weighted by molar-refractivity contribution is 0.140. The predicted molar refractivity (Wildman–Crippen MR) is 63.0 cm³/mol. The van der Waals surface area contributed by atoms with E-state index in [1.54, 1.807) is 17.8 Å². The first-order valence-electron chi connectivity index (χ1n) is 3.90. The molecule has 0 aromatic carbocycles. The van der Waals surface area contributed by atoms with Crippen molar-refractivity contribution in [2.45, 2.75) is 10.9 Å². The highest BCUT2D eigenvalue weighted by Gasteiger charge is 2.28. The zero-order chi connectivity index (χ0) is 9.68. The minimum atomic E-state index is -0.197. The zero-order valence-corrected chi connectivity index (χ0v) is 10.3. The quantitative estimate of drug-likeness (QED) is 0.452. The van der Waals surface area contributed by atoms with E-state index in [2.05, 4.69) is 22.5 Å². The molecule has 74 valence electrons. The molecule has 0 aromatic rings. The fraction of sp³-hybridized carbons (Fsp3) is 0.625. The Hall–Kier alpha value is 0.390. The zero-order valence-electron chi connectivity index (χ0n) is 7.07. The van der Waals surface area contributed by atoms with E-state index in [4.69, 9.17) is 4.74 Å². The SMILES string of the molecule is C=CCSC(=O)O[C@H]1CSC[C@@H]1Br. The maximum Gasteiger partial charge on any atom is 0.367 e. The summed E-state index contributed by atoms with van der Waals surface area (Å²) in [5.74, 6) is 2.53. The van der Waals surface area contributed by atoms with Gasteiger partial charge in [-0.15, -0.1) is 6.58 Å². The molecule has 0 N–H and O–H groups in total. The van der Waals surface area contributed by atoms with Crippen molar-refractivity contribution < 1.29 is 9.53 Å². The van der Waals surface area contributed by atoms with Gasteiger partial charge in [0.15, 0.2) is 0 Å². The Morgan fingerprint density at radius 1 is 1.77 bits per heavy atom. The van der Waals surface area contributed by atoms with Gasteiger partial charge < -0.3 is 4.74 Å². The second-order valence-corrected chi connectivity index (χ2v) is 5.77. The number of carbonyl (C=O) groups excluding carboxylic acids is 1. The van der Waals surface area contributed by atoms with E-state index in [-0.39, 0.29) is 11.4 Å². The van der Waals surface area contributed by atoms with Gasteiger partial charge in [-0.1, -0.05) is 22.0 Å². The predicted octanol–water partition coefficient (Wildman–Crippen LogP) is 2.92. The molecule has 5 heteroatoms. The third-order valence-electron chi connectivity index (χ3n) is 1.53. The molecule has 0 aliphatic carbocycles. The summed E-state index contributed by atoms with van der Waals surface area (Å²) in [5.41, 5.74) is 0. The lowest BCUT2D eigenvalue weighted by Crippen LogP contribution is -2.23. The van der Waals surface area contributed by atoms with Crippen LogP contribution in [0.5, 0.6) is 0 Å². The fourth-order valence-electron chi connectivity index (χ4n) is 0.901. The molecule has 1 fully saturated rings. The second-order valence-electron chi connectivity index (χ2n) is 2.56. The average molecular weight is 283 g/mol. The molecular weight excluding hydrogens is 272 g/mol. The summed E-state index contributed by atoms with van der Waals surface area (Å²) in [6, 6.07) is 0. The van der Waals surface area contributed by atoms with Crippen LogP contribution in [0.15, 0.2) is 12.7 Å². The van der Waals surface area contributed by atoms with Gasteiger partial charge >= 0.3 is 5.30 Å². The lowest BCUT2D eigenvalue weighted by Gasteiger charge is -2.13. The maximum atomic E-state index is 11.2. The van der Waals surface area contributed by atoms with Crippen molar-refractivity contribution in [3.8, 4) is 0 Å². The van der Waals surface area contributed by atoms with Crippen LogP contribution >= 0.6 is 39.5 Å². The van der Waals surface area contributed by atoms with Gasteiger partial charge in [0.1, 0.15) is 6.10 Å². The molecule has 1 heterocycles. The summed E-state index contributed by atoms with van der Waals surface area (Å²) in [4.78, 5) is 11.5. The average Bonchev–Trinajstić information content (AvgIpc) is 2.48. The smallest absolute Gasteiger partial charge is 0.367 e. The number of rotatable bonds is 3. The molecule has 2 atom stereocenters. The highest BCUT2D eigenvalue weighted by atomic mass is 79.9. The minimum Gasteiger partial charge on any atom is -0.452 e. The van der Waals surface area contributed by atoms with E-state index in [1.807, 2.05) is 0 Å². The van der Waals surface area contributed by atoms with Crippen LogP contribution in [0.1, 0.15) is 0 Å². The third-order valence-corrected chi connectivity index (χ3v) is 4.76. The van der Waals surface area contributed by atoms with Crippen molar-refractivity contribution in [2.24, 2.45) is 0 Å². The van der Waals surface area contributed by atoms with Gasteiger partial charge in [0.2, 0.25) is 0 Å². The molecule has 0 radical (unpaired) electrons. The lowest BCUT2D eigenvalue weighted by atomic mass is 10.3. The van der Waals surface area contributed by atoms with Crippen LogP contribution in [0.2, 0.25) is 0 Å². The van der Waals surface area contributed by atoms with Gasteiger partial charge in [-0.2, -0.15) is 11.8 Å². The fourth-order valence-corrected chi connectivity index (χ4v) is 3.56. The van der Waals surface area contributed by atoms with E-state index < -0.39 is 0 Å². The van der Waals surface area contributed by atoms with Crippen molar-refractivity contribution in [1.82, 2.24) is 0 Å². The molecule has 0 spiro atoms. The number of ether oxygens (including phenoxy) is 1. The molecule has 2 nitrogen and oxygen atoms in total. The number of hydrogen-bond donors (Lipinski definition) is 0. The van der Waals surface area contributed by atoms with E-state index in [0.29, 0.717) is 10.6 Å². The first kappa shape index (κ1) is 11.5. The number of halogens is 1. The molecule has 0 saturated carbocycles. The summed E-state index contributed by atoms with van der Waals surface area (Å²) in [6.45, 7) is 3.54. The molecule has 1 aliphatic heterocycles. The molecule has 1 aliphatic rings. The Morgan fingerprint density at radius 2 is 2.54 bits per heavy atom. The second kappa shape index (κ2) is 5.98. The van der Waals surface area contributed by atoms with E-state index in [0.717, 1.165) is 23.3 Å². The van der Waals surface area contributed by atoms with Gasteiger partial charge in [-0.3, -0.25) is 0 Å². The number of hydrogen-bond acceptors (Lipinski definition) is 4.